The van der Waals surface area contributed by atoms with Gasteiger partial charge < -0.3 is 24.1 Å². The summed E-state index contributed by atoms with van der Waals surface area (Å²) in [5.74, 6) is 2.14. The Morgan fingerprint density at radius 2 is 1.59 bits per heavy atom. The molecule has 0 radical (unpaired) electrons. The number of hydrogen-bond acceptors (Lipinski definition) is 7. The fourth-order valence-electron chi connectivity index (χ4n) is 2.89. The number of sulfonamides is 1. The van der Waals surface area contributed by atoms with E-state index in [1.807, 2.05) is 0 Å². The van der Waals surface area contributed by atoms with Crippen molar-refractivity contribution in [2.45, 2.75) is 17.4 Å². The first kappa shape index (κ1) is 17.9. The molecular weight excluding hydrogens is 374 g/mol. The molecule has 2 heterocycles. The molecule has 2 aliphatic heterocycles. The van der Waals surface area contributed by atoms with Crippen molar-refractivity contribution >= 4 is 10.0 Å². The molecule has 2 aromatic rings. The number of rotatable bonds is 6. The summed E-state index contributed by atoms with van der Waals surface area (Å²) in [6.45, 7) is 1.05. The normalized spacial score (nSPS) is 16.2. The summed E-state index contributed by atoms with van der Waals surface area (Å²) >= 11 is 0. The van der Waals surface area contributed by atoms with Crippen LogP contribution in [0.4, 0.5) is 0 Å². The number of aliphatic hydroxyl groups is 1. The van der Waals surface area contributed by atoms with Gasteiger partial charge in [0.1, 0.15) is 13.2 Å². The van der Waals surface area contributed by atoms with Crippen LogP contribution in [0.15, 0.2) is 41.3 Å². The molecule has 8 nitrogen and oxygen atoms in total. The predicted molar refractivity (Wildman–Crippen MR) is 94.8 cm³/mol. The summed E-state index contributed by atoms with van der Waals surface area (Å²) in [4.78, 5) is 0.0873. The minimum atomic E-state index is -3.72. The van der Waals surface area contributed by atoms with Crippen LogP contribution in [-0.2, 0) is 10.0 Å². The number of aliphatic hydroxyl groups excluding tert-OH is 1. The van der Waals surface area contributed by atoms with Gasteiger partial charge in [0.05, 0.1) is 11.0 Å². The van der Waals surface area contributed by atoms with Gasteiger partial charge in [-0.2, -0.15) is 0 Å². The van der Waals surface area contributed by atoms with Crippen LogP contribution in [0.3, 0.4) is 0 Å². The predicted octanol–water partition coefficient (Wildman–Crippen LogP) is 1.59. The third kappa shape index (κ3) is 3.80. The summed E-state index contributed by atoms with van der Waals surface area (Å²) in [5.41, 5.74) is 0.637. The lowest BCUT2D eigenvalue weighted by atomic mass is 10.1. The van der Waals surface area contributed by atoms with Gasteiger partial charge in [-0.05, 0) is 36.2 Å². The molecule has 0 spiro atoms. The van der Waals surface area contributed by atoms with Crippen molar-refractivity contribution in [2.75, 3.05) is 26.6 Å². The zero-order valence-corrected chi connectivity index (χ0v) is 15.2. The second-order valence-corrected chi connectivity index (χ2v) is 7.89. The summed E-state index contributed by atoms with van der Waals surface area (Å²) in [6.07, 6.45) is -0.619. The Morgan fingerprint density at radius 3 is 2.44 bits per heavy atom. The van der Waals surface area contributed by atoms with E-state index in [4.69, 9.17) is 18.9 Å². The van der Waals surface area contributed by atoms with E-state index >= 15 is 0 Å². The molecule has 2 N–H and O–H groups in total. The standard InChI is InChI=1S/C18H19NO7S/c20-14(12-1-3-16-17(9-12)26-11-25-16)5-6-19-27(21,22)13-2-4-15-18(10-13)24-8-7-23-15/h1-4,9-10,14,19-20H,5-8,11H2. The Balaban J connectivity index is 1.38. The number of ether oxygens (including phenoxy) is 4. The van der Waals surface area contributed by atoms with Crippen LogP contribution in [0.5, 0.6) is 23.0 Å². The molecule has 0 saturated carbocycles. The first-order chi connectivity index (χ1) is 13.0. The van der Waals surface area contributed by atoms with E-state index < -0.39 is 16.1 Å². The van der Waals surface area contributed by atoms with Crippen molar-refractivity contribution in [3.8, 4) is 23.0 Å². The van der Waals surface area contributed by atoms with Gasteiger partial charge in [-0.1, -0.05) is 6.07 Å². The number of benzene rings is 2. The molecular formula is C18H19NO7S. The Hall–Kier alpha value is -2.49. The highest BCUT2D eigenvalue weighted by Gasteiger charge is 2.20. The largest absolute Gasteiger partial charge is 0.486 e. The van der Waals surface area contributed by atoms with Crippen LogP contribution in [0.25, 0.3) is 0 Å². The molecule has 0 aliphatic carbocycles. The molecule has 4 rings (SSSR count). The highest BCUT2D eigenvalue weighted by Crippen LogP contribution is 2.35. The van der Waals surface area contributed by atoms with Crippen LogP contribution >= 0.6 is 0 Å². The third-order valence-corrected chi connectivity index (χ3v) is 5.77. The topological polar surface area (TPSA) is 103 Å². The number of fused-ring (bicyclic) bond motifs is 2. The van der Waals surface area contributed by atoms with Crippen LogP contribution < -0.4 is 23.7 Å². The lowest BCUT2D eigenvalue weighted by Crippen LogP contribution is -2.26. The fourth-order valence-corrected chi connectivity index (χ4v) is 3.95. The van der Waals surface area contributed by atoms with Crippen LogP contribution in [0.1, 0.15) is 18.1 Å². The Kier molecular flexibility index (Phi) is 4.81. The molecule has 2 aromatic carbocycles. The van der Waals surface area contributed by atoms with E-state index in [-0.39, 0.29) is 24.7 Å². The molecule has 9 heteroatoms. The maximum Gasteiger partial charge on any atom is 0.240 e. The molecule has 1 unspecified atom stereocenters. The van der Waals surface area contributed by atoms with Crippen LogP contribution in [0, 0.1) is 0 Å². The maximum atomic E-state index is 12.5. The zero-order valence-electron chi connectivity index (χ0n) is 14.4. The van der Waals surface area contributed by atoms with Gasteiger partial charge >= 0.3 is 0 Å². The molecule has 0 saturated heterocycles. The third-order valence-electron chi connectivity index (χ3n) is 4.32. The fraction of sp³-hybridized carbons (Fsp3) is 0.333. The maximum absolute atomic E-state index is 12.5. The molecule has 0 bridgehead atoms. The van der Waals surface area contributed by atoms with Gasteiger partial charge in [0.2, 0.25) is 16.8 Å². The van der Waals surface area contributed by atoms with E-state index in [9.17, 15) is 13.5 Å². The average Bonchev–Trinajstić information content (AvgIpc) is 3.15. The summed E-state index contributed by atoms with van der Waals surface area (Å²) < 4.78 is 48.7. The molecule has 0 aromatic heterocycles. The van der Waals surface area contributed by atoms with Crippen LogP contribution in [-0.4, -0.2) is 40.1 Å². The second-order valence-electron chi connectivity index (χ2n) is 6.12. The highest BCUT2D eigenvalue weighted by atomic mass is 32.2. The van der Waals surface area contributed by atoms with Crippen molar-refractivity contribution < 1.29 is 32.5 Å². The quantitative estimate of drug-likeness (QED) is 0.768. The van der Waals surface area contributed by atoms with Gasteiger partial charge in [0, 0.05) is 12.6 Å². The average molecular weight is 393 g/mol. The highest BCUT2D eigenvalue weighted by molar-refractivity contribution is 7.89. The first-order valence-corrected chi connectivity index (χ1v) is 9.98. The van der Waals surface area contributed by atoms with Crippen LogP contribution in [0.2, 0.25) is 0 Å². The lowest BCUT2D eigenvalue weighted by Gasteiger charge is -2.19. The number of hydrogen-bond donors (Lipinski definition) is 2. The van der Waals surface area contributed by atoms with E-state index in [1.165, 1.54) is 12.1 Å². The molecule has 2 aliphatic rings. The SMILES string of the molecule is O=S(=O)(NCCC(O)c1ccc2c(c1)OCO2)c1ccc2c(c1)OCCO2. The van der Waals surface area contributed by atoms with Gasteiger partial charge in [0.25, 0.3) is 0 Å². The lowest BCUT2D eigenvalue weighted by molar-refractivity contribution is 0.166. The van der Waals surface area contributed by atoms with E-state index in [1.54, 1.807) is 24.3 Å². The number of nitrogens with one attached hydrogen (secondary N) is 1. The molecule has 0 fully saturated rings. The minimum absolute atomic E-state index is 0.0758. The van der Waals surface area contributed by atoms with Crippen molar-refractivity contribution in [1.29, 1.82) is 0 Å². The Bertz CT molecular complexity index is 945. The van der Waals surface area contributed by atoms with Gasteiger partial charge in [-0.3, -0.25) is 0 Å². The summed E-state index contributed by atoms with van der Waals surface area (Å²) in [5, 5.41) is 10.3. The van der Waals surface area contributed by atoms with Gasteiger partial charge in [0.15, 0.2) is 23.0 Å². The van der Waals surface area contributed by atoms with Crippen molar-refractivity contribution in [3.63, 3.8) is 0 Å². The first-order valence-electron chi connectivity index (χ1n) is 8.50. The van der Waals surface area contributed by atoms with Gasteiger partial charge in [-0.25, -0.2) is 13.1 Å². The van der Waals surface area contributed by atoms with Crippen molar-refractivity contribution in [3.05, 3.63) is 42.0 Å². The summed E-state index contributed by atoms with van der Waals surface area (Å²) in [6, 6.07) is 9.62. The van der Waals surface area contributed by atoms with Gasteiger partial charge in [-0.15, -0.1) is 0 Å². The van der Waals surface area contributed by atoms with E-state index in [0.717, 1.165) is 0 Å². The van der Waals surface area contributed by atoms with E-state index in [0.29, 0.717) is 41.8 Å². The Morgan fingerprint density at radius 1 is 0.926 bits per heavy atom. The minimum Gasteiger partial charge on any atom is -0.486 e. The second kappa shape index (κ2) is 7.26. The van der Waals surface area contributed by atoms with E-state index in [2.05, 4.69) is 4.72 Å². The summed E-state index contributed by atoms with van der Waals surface area (Å²) in [7, 11) is -3.72. The molecule has 27 heavy (non-hydrogen) atoms. The monoisotopic (exact) mass is 393 g/mol. The Labute approximate surface area is 156 Å². The van der Waals surface area contributed by atoms with Crippen molar-refractivity contribution in [1.82, 2.24) is 4.72 Å². The molecule has 0 amide bonds. The molecule has 1 atom stereocenters. The molecule has 144 valence electrons. The smallest absolute Gasteiger partial charge is 0.240 e. The zero-order chi connectivity index (χ0) is 18.9. The van der Waals surface area contributed by atoms with Crippen molar-refractivity contribution in [2.24, 2.45) is 0 Å².